The van der Waals surface area contributed by atoms with E-state index >= 15 is 0 Å². The number of hydrogen-bond acceptors (Lipinski definition) is 3. The third kappa shape index (κ3) is 0.692. The Labute approximate surface area is 63.9 Å². The Kier molecular flexibility index (Phi) is 1.06. The van der Waals surface area contributed by atoms with Gasteiger partial charge in [0.15, 0.2) is 0 Å². The minimum absolute atomic E-state index is 0.0355. The van der Waals surface area contributed by atoms with Crippen molar-refractivity contribution < 1.29 is 14.3 Å². The molecule has 0 aromatic heterocycles. The summed E-state index contributed by atoms with van der Waals surface area (Å²) in [5.41, 5.74) is -0.619. The first-order valence-electron chi connectivity index (χ1n) is 3.58. The van der Waals surface area contributed by atoms with Crippen molar-refractivity contribution >= 4 is 11.9 Å². The summed E-state index contributed by atoms with van der Waals surface area (Å²) in [5.74, 6) is -0.137. The van der Waals surface area contributed by atoms with Crippen LogP contribution in [0.5, 0.6) is 0 Å². The van der Waals surface area contributed by atoms with E-state index in [-0.39, 0.29) is 17.8 Å². The lowest BCUT2D eigenvalue weighted by Gasteiger charge is -2.09. The average Bonchev–Trinajstić information content (AvgIpc) is 2.55. The number of fused-ring (bicyclic) bond motifs is 1. The minimum Gasteiger partial charge on any atom is -0.467 e. The highest BCUT2D eigenvalue weighted by atomic mass is 16.5. The van der Waals surface area contributed by atoms with Gasteiger partial charge in [0.1, 0.15) is 5.54 Å². The summed E-state index contributed by atoms with van der Waals surface area (Å²) >= 11 is 0. The molecule has 1 aliphatic heterocycles. The Morgan fingerprint density at radius 1 is 1.82 bits per heavy atom. The number of carbonyl (C=O) groups is 2. The summed E-state index contributed by atoms with van der Waals surface area (Å²) in [4.78, 5) is 21.9. The predicted molar refractivity (Wildman–Crippen MR) is 35.6 cm³/mol. The highest BCUT2D eigenvalue weighted by molar-refractivity contribution is 5.96. The second kappa shape index (κ2) is 1.75. The molecule has 0 aromatic rings. The van der Waals surface area contributed by atoms with Crippen LogP contribution in [0, 0.1) is 5.92 Å². The molecule has 0 aromatic carbocycles. The number of esters is 1. The van der Waals surface area contributed by atoms with Crippen molar-refractivity contribution in [2.45, 2.75) is 18.4 Å². The number of piperidine rings is 1. The summed E-state index contributed by atoms with van der Waals surface area (Å²) in [5, 5.41) is 2.64. The van der Waals surface area contributed by atoms with Crippen LogP contribution in [0.4, 0.5) is 0 Å². The number of nitrogens with one attached hydrogen (secondary N) is 1. The zero-order valence-corrected chi connectivity index (χ0v) is 6.22. The molecular weight excluding hydrogens is 146 g/mol. The van der Waals surface area contributed by atoms with Gasteiger partial charge in [-0.2, -0.15) is 0 Å². The van der Waals surface area contributed by atoms with Gasteiger partial charge in [-0.1, -0.05) is 0 Å². The zero-order valence-electron chi connectivity index (χ0n) is 6.22. The lowest BCUT2D eigenvalue weighted by molar-refractivity contribution is -0.145. The molecule has 0 unspecified atom stereocenters. The zero-order chi connectivity index (χ0) is 8.06. The molecule has 2 fully saturated rings. The third-order valence-electron chi connectivity index (χ3n) is 2.45. The molecule has 1 amide bonds. The summed E-state index contributed by atoms with van der Waals surface area (Å²) in [6, 6.07) is 0. The van der Waals surface area contributed by atoms with Crippen LogP contribution < -0.4 is 5.32 Å². The molecule has 0 bridgehead atoms. The summed E-state index contributed by atoms with van der Waals surface area (Å²) < 4.78 is 4.57. The first-order valence-corrected chi connectivity index (χ1v) is 3.58. The van der Waals surface area contributed by atoms with E-state index in [4.69, 9.17) is 0 Å². The summed E-state index contributed by atoms with van der Waals surface area (Å²) in [7, 11) is 1.34. The van der Waals surface area contributed by atoms with Gasteiger partial charge >= 0.3 is 5.97 Å². The number of methoxy groups -OCH3 is 1. The molecule has 0 spiro atoms. The molecule has 2 aliphatic rings. The van der Waals surface area contributed by atoms with Gasteiger partial charge in [0, 0.05) is 12.3 Å². The van der Waals surface area contributed by atoms with Gasteiger partial charge in [0.25, 0.3) is 0 Å². The second-order valence-corrected chi connectivity index (χ2v) is 3.12. The Bertz CT molecular complexity index is 238. The average molecular weight is 155 g/mol. The first kappa shape index (κ1) is 6.64. The summed E-state index contributed by atoms with van der Waals surface area (Å²) in [6.45, 7) is 0. The highest BCUT2D eigenvalue weighted by Crippen LogP contribution is 2.50. The molecule has 1 N–H and O–H groups in total. The van der Waals surface area contributed by atoms with Gasteiger partial charge in [-0.15, -0.1) is 0 Å². The van der Waals surface area contributed by atoms with Crippen molar-refractivity contribution in [1.29, 1.82) is 0 Å². The number of amides is 1. The number of carbonyl (C=O) groups excluding carboxylic acids is 2. The van der Waals surface area contributed by atoms with Gasteiger partial charge in [-0.05, 0) is 6.42 Å². The molecule has 4 nitrogen and oxygen atoms in total. The van der Waals surface area contributed by atoms with Crippen molar-refractivity contribution in [2.75, 3.05) is 7.11 Å². The van der Waals surface area contributed by atoms with Gasteiger partial charge in [0.05, 0.1) is 7.11 Å². The maximum atomic E-state index is 11.1. The van der Waals surface area contributed by atoms with Crippen molar-refractivity contribution in [3.05, 3.63) is 0 Å². The van der Waals surface area contributed by atoms with Gasteiger partial charge in [0.2, 0.25) is 5.91 Å². The van der Waals surface area contributed by atoms with E-state index in [0.717, 1.165) is 6.42 Å². The van der Waals surface area contributed by atoms with E-state index in [9.17, 15) is 9.59 Å². The molecule has 1 heterocycles. The lowest BCUT2D eigenvalue weighted by atomic mass is 10.2. The van der Waals surface area contributed by atoms with Crippen LogP contribution in [0.1, 0.15) is 12.8 Å². The van der Waals surface area contributed by atoms with Crippen molar-refractivity contribution in [1.82, 2.24) is 5.32 Å². The quantitative estimate of drug-likeness (QED) is 0.516. The smallest absolute Gasteiger partial charge is 0.331 e. The van der Waals surface area contributed by atoms with Gasteiger partial charge in [-0.3, -0.25) is 4.79 Å². The van der Waals surface area contributed by atoms with Crippen LogP contribution in [0.25, 0.3) is 0 Å². The fourth-order valence-corrected chi connectivity index (χ4v) is 1.74. The number of rotatable bonds is 1. The molecule has 2 rings (SSSR count). The second-order valence-electron chi connectivity index (χ2n) is 3.12. The summed E-state index contributed by atoms with van der Waals surface area (Å²) in [6.07, 6.45) is 1.24. The largest absolute Gasteiger partial charge is 0.467 e. The van der Waals surface area contributed by atoms with Crippen molar-refractivity contribution in [2.24, 2.45) is 5.92 Å². The fourth-order valence-electron chi connectivity index (χ4n) is 1.74. The van der Waals surface area contributed by atoms with Crippen LogP contribution >= 0.6 is 0 Å². The van der Waals surface area contributed by atoms with E-state index < -0.39 is 5.54 Å². The Balaban J connectivity index is 2.15. The van der Waals surface area contributed by atoms with Crippen LogP contribution in [-0.4, -0.2) is 24.5 Å². The van der Waals surface area contributed by atoms with E-state index in [1.165, 1.54) is 7.11 Å². The van der Waals surface area contributed by atoms with Crippen LogP contribution in [-0.2, 0) is 14.3 Å². The van der Waals surface area contributed by atoms with Crippen LogP contribution in [0.3, 0.4) is 0 Å². The minimum atomic E-state index is -0.619. The molecular formula is C7H9NO3. The fraction of sp³-hybridized carbons (Fsp3) is 0.714. The molecule has 11 heavy (non-hydrogen) atoms. The SMILES string of the molecule is COC(=O)[C@]12C[C@H]1CC(=O)N2. The molecule has 1 saturated heterocycles. The monoisotopic (exact) mass is 155 g/mol. The molecule has 1 aliphatic carbocycles. The number of hydrogen-bond donors (Lipinski definition) is 1. The third-order valence-corrected chi connectivity index (χ3v) is 2.45. The Morgan fingerprint density at radius 2 is 2.55 bits per heavy atom. The lowest BCUT2D eigenvalue weighted by Crippen LogP contribution is -2.40. The molecule has 60 valence electrons. The Morgan fingerprint density at radius 3 is 3.00 bits per heavy atom. The highest BCUT2D eigenvalue weighted by Gasteiger charge is 2.66. The predicted octanol–water partition coefficient (Wildman–Crippen LogP) is -0.562. The molecule has 2 atom stereocenters. The van der Waals surface area contributed by atoms with Crippen molar-refractivity contribution in [3.63, 3.8) is 0 Å². The van der Waals surface area contributed by atoms with E-state index in [2.05, 4.69) is 10.1 Å². The van der Waals surface area contributed by atoms with Crippen molar-refractivity contribution in [3.8, 4) is 0 Å². The van der Waals surface area contributed by atoms with E-state index in [1.54, 1.807) is 0 Å². The maximum absolute atomic E-state index is 11.1. The molecule has 0 radical (unpaired) electrons. The van der Waals surface area contributed by atoms with Gasteiger partial charge < -0.3 is 10.1 Å². The Hall–Kier alpha value is -1.06. The molecule has 1 saturated carbocycles. The normalized spacial score (nSPS) is 39.4. The number of ether oxygens (including phenoxy) is 1. The van der Waals surface area contributed by atoms with E-state index in [0.29, 0.717) is 6.42 Å². The topological polar surface area (TPSA) is 55.4 Å². The van der Waals surface area contributed by atoms with E-state index in [1.807, 2.05) is 0 Å². The first-order chi connectivity index (χ1) is 5.19. The van der Waals surface area contributed by atoms with Crippen LogP contribution in [0.2, 0.25) is 0 Å². The molecule has 4 heteroatoms. The van der Waals surface area contributed by atoms with Gasteiger partial charge in [-0.25, -0.2) is 4.79 Å². The van der Waals surface area contributed by atoms with Crippen LogP contribution in [0.15, 0.2) is 0 Å². The standard InChI is InChI=1S/C7H9NO3/c1-11-6(10)7-3-4(7)2-5(9)8-7/h4H,2-3H2,1H3,(H,8,9)/t4-,7+/m1/s1. The maximum Gasteiger partial charge on any atom is 0.331 e.